The number of fused-ring (bicyclic) bond motifs is 5. The summed E-state index contributed by atoms with van der Waals surface area (Å²) in [5.41, 5.74) is 1.47. The largest absolute Gasteiger partial charge is 0.492 e. The Morgan fingerprint density at radius 3 is 2.16 bits per heavy atom. The van der Waals surface area contributed by atoms with E-state index in [-0.39, 0.29) is 19.5 Å². The highest BCUT2D eigenvalue weighted by molar-refractivity contribution is 5.91. The van der Waals surface area contributed by atoms with Gasteiger partial charge in [0.1, 0.15) is 5.60 Å². The second-order valence-corrected chi connectivity index (χ2v) is 9.77. The van der Waals surface area contributed by atoms with Gasteiger partial charge in [0.05, 0.1) is 19.8 Å². The molecule has 1 aliphatic carbocycles. The van der Waals surface area contributed by atoms with Gasteiger partial charge in [-0.25, -0.2) is 4.79 Å². The molecule has 0 radical (unpaired) electrons. The molecule has 3 aliphatic rings. The molecule has 6 rings (SSSR count). The smallest absolute Gasteiger partial charge is 0.338 e. The van der Waals surface area contributed by atoms with Gasteiger partial charge in [-0.05, 0) is 49.1 Å². The molecular weight excluding hydrogens is 492 g/mol. The molecule has 198 valence electrons. The average molecular weight is 521 g/mol. The SMILES string of the molecule is COc1c2c(cc3c1-c1c(cc4c(c1OC)OCO4)[C@@H](OC(=O)c1ccccc1)[C@@](C)(O)[C@@H](C)C3)OCO2. The van der Waals surface area contributed by atoms with Gasteiger partial charge in [0.25, 0.3) is 0 Å². The molecule has 38 heavy (non-hydrogen) atoms. The third-order valence-electron chi connectivity index (χ3n) is 7.58. The first-order valence-corrected chi connectivity index (χ1v) is 12.3. The maximum Gasteiger partial charge on any atom is 0.338 e. The normalized spacial score (nSPS) is 22.6. The molecule has 1 N–H and O–H groups in total. The lowest BCUT2D eigenvalue weighted by Crippen LogP contribution is -2.43. The van der Waals surface area contributed by atoms with E-state index in [1.807, 2.05) is 19.1 Å². The summed E-state index contributed by atoms with van der Waals surface area (Å²) < 4.78 is 40.9. The molecular formula is C29H28O9. The fourth-order valence-corrected chi connectivity index (χ4v) is 5.43. The van der Waals surface area contributed by atoms with Crippen molar-refractivity contribution in [2.75, 3.05) is 27.8 Å². The van der Waals surface area contributed by atoms with Crippen LogP contribution in [0.3, 0.4) is 0 Å². The van der Waals surface area contributed by atoms with Gasteiger partial charge in [-0.1, -0.05) is 25.1 Å². The molecule has 0 saturated carbocycles. The number of hydrogen-bond acceptors (Lipinski definition) is 9. The fraction of sp³-hybridized carbons (Fsp3) is 0.345. The Morgan fingerprint density at radius 2 is 1.53 bits per heavy atom. The second-order valence-electron chi connectivity index (χ2n) is 9.77. The Hall–Kier alpha value is -4.11. The zero-order chi connectivity index (χ0) is 26.6. The summed E-state index contributed by atoms with van der Waals surface area (Å²) in [4.78, 5) is 13.3. The molecule has 3 aromatic carbocycles. The molecule has 9 nitrogen and oxygen atoms in total. The maximum absolute atomic E-state index is 13.3. The Morgan fingerprint density at radius 1 is 0.921 bits per heavy atom. The molecule has 0 aromatic heterocycles. The molecule has 2 heterocycles. The van der Waals surface area contributed by atoms with Crippen LogP contribution in [0.15, 0.2) is 42.5 Å². The van der Waals surface area contributed by atoms with Gasteiger partial charge in [0.2, 0.25) is 25.1 Å². The van der Waals surface area contributed by atoms with Gasteiger partial charge < -0.3 is 38.3 Å². The summed E-state index contributed by atoms with van der Waals surface area (Å²) in [5.74, 6) is 1.77. The van der Waals surface area contributed by atoms with Gasteiger partial charge in [-0.15, -0.1) is 0 Å². The summed E-state index contributed by atoms with van der Waals surface area (Å²) >= 11 is 0. The van der Waals surface area contributed by atoms with E-state index >= 15 is 0 Å². The summed E-state index contributed by atoms with van der Waals surface area (Å²) in [6.07, 6.45) is -0.668. The number of methoxy groups -OCH3 is 2. The lowest BCUT2D eigenvalue weighted by molar-refractivity contribution is -0.107. The van der Waals surface area contributed by atoms with Crippen molar-refractivity contribution in [2.24, 2.45) is 5.92 Å². The molecule has 0 spiro atoms. The lowest BCUT2D eigenvalue weighted by Gasteiger charge is -2.41. The summed E-state index contributed by atoms with van der Waals surface area (Å²) in [6, 6.07) is 12.3. The second kappa shape index (κ2) is 9.02. The van der Waals surface area contributed by atoms with Crippen LogP contribution < -0.4 is 28.4 Å². The van der Waals surface area contributed by atoms with Crippen molar-refractivity contribution in [3.05, 3.63) is 59.2 Å². The van der Waals surface area contributed by atoms with Crippen molar-refractivity contribution >= 4 is 5.97 Å². The lowest BCUT2D eigenvalue weighted by atomic mass is 9.73. The van der Waals surface area contributed by atoms with E-state index in [0.29, 0.717) is 63.2 Å². The zero-order valence-electron chi connectivity index (χ0n) is 21.5. The van der Waals surface area contributed by atoms with Crippen LogP contribution in [0, 0.1) is 5.92 Å². The number of aliphatic hydroxyl groups is 1. The molecule has 0 amide bonds. The highest BCUT2D eigenvalue weighted by Crippen LogP contribution is 2.59. The number of ether oxygens (including phenoxy) is 7. The van der Waals surface area contributed by atoms with Crippen LogP contribution >= 0.6 is 0 Å². The Labute approximate surface area is 219 Å². The summed E-state index contributed by atoms with van der Waals surface area (Å²) in [5, 5.41) is 12.0. The highest BCUT2D eigenvalue weighted by atomic mass is 16.7. The van der Waals surface area contributed by atoms with E-state index < -0.39 is 17.7 Å². The van der Waals surface area contributed by atoms with Gasteiger partial charge in [-0.3, -0.25) is 0 Å². The zero-order valence-corrected chi connectivity index (χ0v) is 21.5. The average Bonchev–Trinajstić information content (AvgIpc) is 3.59. The van der Waals surface area contributed by atoms with E-state index in [0.717, 1.165) is 5.56 Å². The van der Waals surface area contributed by atoms with Crippen molar-refractivity contribution in [3.63, 3.8) is 0 Å². The van der Waals surface area contributed by atoms with E-state index in [1.165, 1.54) is 7.11 Å². The topological polar surface area (TPSA) is 102 Å². The van der Waals surface area contributed by atoms with Crippen LogP contribution in [-0.2, 0) is 11.2 Å². The summed E-state index contributed by atoms with van der Waals surface area (Å²) in [7, 11) is 3.09. The van der Waals surface area contributed by atoms with Crippen LogP contribution in [0.2, 0.25) is 0 Å². The molecule has 0 bridgehead atoms. The molecule has 2 aliphatic heterocycles. The Balaban J connectivity index is 1.66. The van der Waals surface area contributed by atoms with Gasteiger partial charge >= 0.3 is 5.97 Å². The van der Waals surface area contributed by atoms with Crippen molar-refractivity contribution in [1.82, 2.24) is 0 Å². The first kappa shape index (κ1) is 24.2. The monoisotopic (exact) mass is 520 g/mol. The quantitative estimate of drug-likeness (QED) is 0.492. The number of esters is 1. The predicted molar refractivity (Wildman–Crippen MR) is 135 cm³/mol. The number of carbonyl (C=O) groups is 1. The van der Waals surface area contributed by atoms with Gasteiger partial charge in [0.15, 0.2) is 29.1 Å². The minimum atomic E-state index is -1.49. The van der Waals surface area contributed by atoms with Crippen molar-refractivity contribution in [2.45, 2.75) is 32.0 Å². The van der Waals surface area contributed by atoms with Crippen LogP contribution in [-0.4, -0.2) is 44.5 Å². The van der Waals surface area contributed by atoms with E-state index in [1.54, 1.807) is 44.4 Å². The molecule has 0 unspecified atom stereocenters. The van der Waals surface area contributed by atoms with E-state index in [2.05, 4.69) is 0 Å². The first-order valence-electron chi connectivity index (χ1n) is 12.3. The van der Waals surface area contributed by atoms with Crippen molar-refractivity contribution < 1.29 is 43.1 Å². The van der Waals surface area contributed by atoms with Crippen molar-refractivity contribution in [1.29, 1.82) is 0 Å². The van der Waals surface area contributed by atoms with Crippen LogP contribution in [0.5, 0.6) is 34.5 Å². The fourth-order valence-electron chi connectivity index (χ4n) is 5.43. The third-order valence-corrected chi connectivity index (χ3v) is 7.58. The van der Waals surface area contributed by atoms with E-state index in [4.69, 9.17) is 33.2 Å². The van der Waals surface area contributed by atoms with E-state index in [9.17, 15) is 9.90 Å². The van der Waals surface area contributed by atoms with Gasteiger partial charge in [0, 0.05) is 16.7 Å². The number of benzene rings is 3. The molecule has 3 aromatic rings. The van der Waals surface area contributed by atoms with Crippen LogP contribution in [0.25, 0.3) is 11.1 Å². The number of rotatable bonds is 4. The van der Waals surface area contributed by atoms with Crippen LogP contribution in [0.4, 0.5) is 0 Å². The molecule has 3 atom stereocenters. The van der Waals surface area contributed by atoms with Gasteiger partial charge in [-0.2, -0.15) is 0 Å². The maximum atomic E-state index is 13.3. The molecule has 9 heteroatoms. The van der Waals surface area contributed by atoms with Crippen LogP contribution in [0.1, 0.15) is 41.4 Å². The summed E-state index contributed by atoms with van der Waals surface area (Å²) in [6.45, 7) is 3.65. The minimum Gasteiger partial charge on any atom is -0.492 e. The molecule has 0 saturated heterocycles. The first-order chi connectivity index (χ1) is 18.3. The number of carbonyl (C=O) groups excluding carboxylic acids is 1. The Bertz CT molecular complexity index is 1410. The number of hydrogen-bond donors (Lipinski definition) is 1. The minimum absolute atomic E-state index is 0.000975. The van der Waals surface area contributed by atoms with Crippen molar-refractivity contribution in [3.8, 4) is 45.6 Å². The Kier molecular flexibility index (Phi) is 5.75. The molecule has 0 fully saturated rings. The predicted octanol–water partition coefficient (Wildman–Crippen LogP) is 4.67. The third kappa shape index (κ3) is 3.60. The standard InChI is InChI=1S/C29H28O9/c1-15-10-17-11-19-23(36-13-34-19)25(32-3)21(17)22-18(12-20-24(26(22)33-4)37-14-35-20)27(29(15,2)31)38-28(30)16-8-6-5-7-9-16/h5-9,11-12,15,27,31H,10,13-14H2,1-4H3/t15-,27+,29-/m0/s1. The highest BCUT2D eigenvalue weighted by Gasteiger charge is 2.47.